The molecule has 0 aliphatic rings. The fourth-order valence-corrected chi connectivity index (χ4v) is 3.93. The maximum Gasteiger partial charge on any atom is 0.184 e. The van der Waals surface area contributed by atoms with E-state index in [1.165, 1.54) is 12.1 Å². The highest BCUT2D eigenvalue weighted by Gasteiger charge is 2.19. The lowest BCUT2D eigenvalue weighted by atomic mass is 10.3. The molecule has 130 valence electrons. The minimum absolute atomic E-state index is 0.0223. The van der Waals surface area contributed by atoms with Crippen molar-refractivity contribution in [2.75, 3.05) is 0 Å². The predicted octanol–water partition coefficient (Wildman–Crippen LogP) is 4.04. The summed E-state index contributed by atoms with van der Waals surface area (Å²) >= 11 is 6.12. The summed E-state index contributed by atoms with van der Waals surface area (Å²) in [5, 5.41) is 0.0991. The second-order valence-corrected chi connectivity index (χ2v) is 8.19. The number of rotatable bonds is 5. The van der Waals surface area contributed by atoms with Crippen molar-refractivity contribution in [1.82, 2.24) is 9.97 Å². The lowest BCUT2D eigenvalue weighted by molar-refractivity contribution is 0.242. The van der Waals surface area contributed by atoms with Gasteiger partial charge in [-0.3, -0.25) is 0 Å². The Balaban J connectivity index is 1.89. The van der Waals surface area contributed by atoms with Crippen molar-refractivity contribution in [1.29, 1.82) is 0 Å². The fraction of sp³-hybridized carbons (Fsp3) is 0.222. The van der Waals surface area contributed by atoms with Gasteiger partial charge in [0.2, 0.25) is 0 Å². The van der Waals surface area contributed by atoms with Gasteiger partial charge in [0, 0.05) is 0 Å². The summed E-state index contributed by atoms with van der Waals surface area (Å²) in [6.07, 6.45) is 0.0223. The first-order chi connectivity index (χ1) is 11.8. The molecule has 0 aliphatic heterocycles. The highest BCUT2D eigenvalue weighted by Crippen LogP contribution is 2.24. The number of fused-ring (bicyclic) bond motifs is 1. The minimum atomic E-state index is -3.59. The SMILES string of the molecule is CC(C)Oc1ccc(S(=O)(=O)Cc2nc3ccccc3nc2Cl)cc1. The molecule has 1 heterocycles. The summed E-state index contributed by atoms with van der Waals surface area (Å²) in [5.41, 5.74) is 1.48. The van der Waals surface area contributed by atoms with Crippen LogP contribution in [-0.4, -0.2) is 24.5 Å². The van der Waals surface area contributed by atoms with E-state index >= 15 is 0 Å². The molecule has 25 heavy (non-hydrogen) atoms. The van der Waals surface area contributed by atoms with Gasteiger partial charge in [-0.2, -0.15) is 0 Å². The highest BCUT2D eigenvalue weighted by atomic mass is 35.5. The lowest BCUT2D eigenvalue weighted by Gasteiger charge is -2.10. The van der Waals surface area contributed by atoms with E-state index in [1.807, 2.05) is 26.0 Å². The van der Waals surface area contributed by atoms with E-state index in [9.17, 15) is 8.42 Å². The number of benzene rings is 2. The van der Waals surface area contributed by atoms with Crippen LogP contribution in [0.15, 0.2) is 53.4 Å². The van der Waals surface area contributed by atoms with E-state index in [0.717, 1.165) is 0 Å². The smallest absolute Gasteiger partial charge is 0.184 e. The standard InChI is InChI=1S/C18H17ClN2O3S/c1-12(2)24-13-7-9-14(10-8-13)25(22,23)11-17-18(19)21-16-6-4-3-5-15(16)20-17/h3-10,12H,11H2,1-2H3. The van der Waals surface area contributed by atoms with Crippen LogP contribution in [0.25, 0.3) is 11.0 Å². The second kappa shape index (κ2) is 6.98. The van der Waals surface area contributed by atoms with Gasteiger partial charge in [0.15, 0.2) is 15.0 Å². The average molecular weight is 377 g/mol. The van der Waals surface area contributed by atoms with Crippen molar-refractivity contribution >= 4 is 32.5 Å². The molecule has 7 heteroatoms. The number of aromatic nitrogens is 2. The fourth-order valence-electron chi connectivity index (χ4n) is 2.37. The summed E-state index contributed by atoms with van der Waals surface area (Å²) in [5.74, 6) is 0.311. The summed E-state index contributed by atoms with van der Waals surface area (Å²) in [7, 11) is -3.59. The van der Waals surface area contributed by atoms with Gasteiger partial charge >= 0.3 is 0 Å². The van der Waals surface area contributed by atoms with Crippen molar-refractivity contribution in [3.63, 3.8) is 0 Å². The van der Waals surface area contributed by atoms with Crippen LogP contribution in [0, 0.1) is 0 Å². The Bertz CT molecular complexity index is 1000. The van der Waals surface area contributed by atoms with E-state index in [0.29, 0.717) is 16.8 Å². The number of halogens is 1. The van der Waals surface area contributed by atoms with Crippen molar-refractivity contribution < 1.29 is 13.2 Å². The summed E-state index contributed by atoms with van der Waals surface area (Å²) in [4.78, 5) is 8.75. The van der Waals surface area contributed by atoms with Crippen LogP contribution in [0.3, 0.4) is 0 Å². The van der Waals surface area contributed by atoms with Gasteiger partial charge in [0.25, 0.3) is 0 Å². The van der Waals surface area contributed by atoms with Crippen LogP contribution in [-0.2, 0) is 15.6 Å². The first-order valence-corrected chi connectivity index (χ1v) is 9.79. The molecule has 0 saturated carbocycles. The van der Waals surface area contributed by atoms with Crippen molar-refractivity contribution in [2.45, 2.75) is 30.6 Å². The summed E-state index contributed by atoms with van der Waals surface area (Å²) in [6, 6.07) is 13.5. The number of hydrogen-bond acceptors (Lipinski definition) is 5. The summed E-state index contributed by atoms with van der Waals surface area (Å²) < 4.78 is 30.8. The molecule has 0 bridgehead atoms. The maximum absolute atomic E-state index is 12.7. The van der Waals surface area contributed by atoms with E-state index in [2.05, 4.69) is 9.97 Å². The Labute approximate surface area is 151 Å². The Morgan fingerprint density at radius 1 is 1.00 bits per heavy atom. The van der Waals surface area contributed by atoms with Gasteiger partial charge in [-0.1, -0.05) is 23.7 Å². The third-order valence-electron chi connectivity index (χ3n) is 3.48. The van der Waals surface area contributed by atoms with Crippen LogP contribution in [0.1, 0.15) is 19.5 Å². The topological polar surface area (TPSA) is 69.2 Å². The normalized spacial score (nSPS) is 11.8. The third kappa shape index (κ3) is 4.08. The maximum atomic E-state index is 12.7. The molecule has 0 unspecified atom stereocenters. The molecule has 0 radical (unpaired) electrons. The van der Waals surface area contributed by atoms with Gasteiger partial charge in [0.05, 0.1) is 27.7 Å². The molecular formula is C18H17ClN2O3S. The van der Waals surface area contributed by atoms with Crippen LogP contribution in [0.4, 0.5) is 0 Å². The van der Waals surface area contributed by atoms with Crippen LogP contribution >= 0.6 is 11.6 Å². The molecule has 2 aromatic carbocycles. The van der Waals surface area contributed by atoms with E-state index in [-0.39, 0.29) is 27.6 Å². The lowest BCUT2D eigenvalue weighted by Crippen LogP contribution is -2.09. The van der Waals surface area contributed by atoms with Gasteiger partial charge in [-0.25, -0.2) is 18.4 Å². The zero-order chi connectivity index (χ0) is 18.0. The Hall–Kier alpha value is -2.18. The molecule has 0 spiro atoms. The van der Waals surface area contributed by atoms with E-state index in [4.69, 9.17) is 16.3 Å². The van der Waals surface area contributed by atoms with E-state index < -0.39 is 9.84 Å². The molecule has 5 nitrogen and oxygen atoms in total. The molecule has 0 amide bonds. The quantitative estimate of drug-likeness (QED) is 0.672. The largest absolute Gasteiger partial charge is 0.491 e. The van der Waals surface area contributed by atoms with Gasteiger partial charge in [0.1, 0.15) is 11.5 Å². The number of nitrogens with zero attached hydrogens (tertiary/aromatic N) is 2. The highest BCUT2D eigenvalue weighted by molar-refractivity contribution is 7.90. The van der Waals surface area contributed by atoms with Crippen LogP contribution < -0.4 is 4.74 Å². The summed E-state index contributed by atoms with van der Waals surface area (Å²) in [6.45, 7) is 3.82. The number of ether oxygens (including phenoxy) is 1. The minimum Gasteiger partial charge on any atom is -0.491 e. The van der Waals surface area contributed by atoms with Gasteiger partial charge in [-0.05, 0) is 50.2 Å². The van der Waals surface area contributed by atoms with Crippen LogP contribution in [0.2, 0.25) is 5.15 Å². The molecule has 0 fully saturated rings. The first-order valence-electron chi connectivity index (χ1n) is 7.76. The van der Waals surface area contributed by atoms with Crippen molar-refractivity contribution in [3.8, 4) is 5.75 Å². The molecule has 1 aromatic heterocycles. The molecule has 3 rings (SSSR count). The molecule has 0 aliphatic carbocycles. The van der Waals surface area contributed by atoms with Gasteiger partial charge < -0.3 is 4.74 Å². The molecule has 0 atom stereocenters. The van der Waals surface area contributed by atoms with Crippen molar-refractivity contribution in [3.05, 3.63) is 59.4 Å². The number of hydrogen-bond donors (Lipinski definition) is 0. The monoisotopic (exact) mass is 376 g/mol. The number of para-hydroxylation sites is 2. The average Bonchev–Trinajstić information content (AvgIpc) is 2.55. The second-order valence-electron chi connectivity index (χ2n) is 5.85. The third-order valence-corrected chi connectivity index (χ3v) is 5.42. The van der Waals surface area contributed by atoms with Gasteiger partial charge in [-0.15, -0.1) is 0 Å². The molecule has 0 N–H and O–H groups in total. The Kier molecular flexibility index (Phi) is 4.92. The molecule has 0 saturated heterocycles. The zero-order valence-corrected chi connectivity index (χ0v) is 15.4. The Morgan fingerprint density at radius 3 is 2.20 bits per heavy atom. The Morgan fingerprint density at radius 2 is 1.60 bits per heavy atom. The first kappa shape index (κ1) is 17.6. The van der Waals surface area contributed by atoms with Crippen molar-refractivity contribution in [2.24, 2.45) is 0 Å². The zero-order valence-electron chi connectivity index (χ0n) is 13.8. The predicted molar refractivity (Wildman–Crippen MR) is 97.6 cm³/mol. The molecule has 3 aromatic rings. The number of sulfone groups is 1. The van der Waals surface area contributed by atoms with Crippen LogP contribution in [0.5, 0.6) is 5.75 Å². The molecular weight excluding hydrogens is 360 g/mol. The van der Waals surface area contributed by atoms with E-state index in [1.54, 1.807) is 24.3 Å².